The zero-order valence-corrected chi connectivity index (χ0v) is 10.6. The zero-order chi connectivity index (χ0) is 12.9. The molecule has 0 amide bonds. The Hall–Kier alpha value is -0.940. The fourth-order valence-electron chi connectivity index (χ4n) is 1.78. The maximum absolute atomic E-state index is 12.8. The number of sulfone groups is 1. The average Bonchev–Trinajstić information content (AvgIpc) is 2.30. The molecule has 1 aromatic rings. The molecule has 96 valence electrons. The van der Waals surface area contributed by atoms with Gasteiger partial charge < -0.3 is 5.11 Å². The molecule has 0 spiro atoms. The van der Waals surface area contributed by atoms with Crippen molar-refractivity contribution in [3.8, 4) is 0 Å². The maximum atomic E-state index is 12.8. The van der Waals surface area contributed by atoms with E-state index < -0.39 is 15.1 Å². The largest absolute Gasteiger partial charge is 0.396 e. The van der Waals surface area contributed by atoms with Gasteiger partial charge in [0.05, 0.1) is 11.0 Å². The van der Waals surface area contributed by atoms with Gasteiger partial charge >= 0.3 is 0 Å². The topological polar surface area (TPSA) is 54.4 Å². The molecule has 5 heteroatoms. The molecule has 0 aromatic heterocycles. The van der Waals surface area contributed by atoms with E-state index in [0.717, 1.165) is 0 Å². The Balaban J connectivity index is 2.95. The van der Waals surface area contributed by atoms with Crippen molar-refractivity contribution < 1.29 is 17.9 Å². The van der Waals surface area contributed by atoms with Crippen molar-refractivity contribution in [1.29, 1.82) is 0 Å². The summed E-state index contributed by atoms with van der Waals surface area (Å²) in [6.07, 6.45) is 0.680. The normalized spacial score (nSPS) is 13.6. The first-order chi connectivity index (χ1) is 8.01. The molecular weight excluding hydrogens is 243 g/mol. The number of aliphatic hydroxyl groups is 1. The van der Waals surface area contributed by atoms with Crippen molar-refractivity contribution in [2.45, 2.75) is 25.0 Å². The van der Waals surface area contributed by atoms with Gasteiger partial charge in [0, 0.05) is 6.61 Å². The van der Waals surface area contributed by atoms with Gasteiger partial charge in [-0.05, 0) is 30.5 Å². The van der Waals surface area contributed by atoms with Gasteiger partial charge in [0.25, 0.3) is 0 Å². The molecule has 17 heavy (non-hydrogen) atoms. The van der Waals surface area contributed by atoms with E-state index in [-0.39, 0.29) is 24.6 Å². The Morgan fingerprint density at radius 1 is 1.29 bits per heavy atom. The molecule has 1 atom stereocenters. The highest BCUT2D eigenvalue weighted by atomic mass is 32.2. The molecule has 0 heterocycles. The van der Waals surface area contributed by atoms with Crippen LogP contribution in [0.3, 0.4) is 0 Å². The van der Waals surface area contributed by atoms with Gasteiger partial charge in [0.2, 0.25) is 0 Å². The van der Waals surface area contributed by atoms with Crippen LogP contribution in [0.2, 0.25) is 0 Å². The van der Waals surface area contributed by atoms with Crippen molar-refractivity contribution in [3.05, 3.63) is 35.6 Å². The van der Waals surface area contributed by atoms with Crippen molar-refractivity contribution in [2.24, 2.45) is 0 Å². The molecule has 0 aliphatic rings. The molecule has 1 N–H and O–H groups in total. The van der Waals surface area contributed by atoms with E-state index in [2.05, 4.69) is 0 Å². The lowest BCUT2D eigenvalue weighted by Gasteiger charge is -2.16. The third kappa shape index (κ3) is 3.78. The van der Waals surface area contributed by atoms with Crippen molar-refractivity contribution >= 4 is 9.84 Å². The second-order valence-corrected chi connectivity index (χ2v) is 6.20. The summed E-state index contributed by atoms with van der Waals surface area (Å²) in [6, 6.07) is 5.53. The highest BCUT2D eigenvalue weighted by Crippen LogP contribution is 2.27. The van der Waals surface area contributed by atoms with Gasteiger partial charge in [-0.2, -0.15) is 0 Å². The number of rotatable bonds is 6. The number of aliphatic hydroxyl groups excluding tert-OH is 1. The van der Waals surface area contributed by atoms with Crippen LogP contribution in [-0.2, 0) is 9.84 Å². The average molecular weight is 260 g/mol. The second-order valence-electron chi connectivity index (χ2n) is 3.89. The molecule has 0 aliphatic carbocycles. The van der Waals surface area contributed by atoms with E-state index in [4.69, 9.17) is 5.11 Å². The molecule has 1 aromatic carbocycles. The summed E-state index contributed by atoms with van der Waals surface area (Å²) >= 11 is 0. The Kier molecular flexibility index (Phi) is 5.08. The number of halogens is 1. The molecule has 0 saturated heterocycles. The van der Waals surface area contributed by atoms with Crippen molar-refractivity contribution in [3.63, 3.8) is 0 Å². The first-order valence-corrected chi connectivity index (χ1v) is 7.30. The predicted molar refractivity (Wildman–Crippen MR) is 64.9 cm³/mol. The third-order valence-electron chi connectivity index (χ3n) is 2.63. The maximum Gasteiger partial charge on any atom is 0.157 e. The molecule has 0 saturated carbocycles. The zero-order valence-electron chi connectivity index (χ0n) is 9.77. The first kappa shape index (κ1) is 14.1. The van der Waals surface area contributed by atoms with Gasteiger partial charge in [0.15, 0.2) is 9.84 Å². The Morgan fingerprint density at radius 3 is 2.35 bits per heavy atom. The summed E-state index contributed by atoms with van der Waals surface area (Å²) in [5.74, 6) is -0.421. The summed E-state index contributed by atoms with van der Waals surface area (Å²) < 4.78 is 36.8. The number of benzene rings is 1. The molecule has 0 radical (unpaired) electrons. The summed E-state index contributed by atoms with van der Waals surface area (Å²) in [4.78, 5) is 0. The molecule has 0 bridgehead atoms. The minimum Gasteiger partial charge on any atom is -0.396 e. The molecule has 0 aliphatic heterocycles. The van der Waals surface area contributed by atoms with Crippen LogP contribution in [0.4, 0.5) is 4.39 Å². The molecule has 1 rings (SSSR count). The summed E-state index contributed by atoms with van der Waals surface area (Å²) in [5, 5.41) is 8.06. The van der Waals surface area contributed by atoms with Crippen LogP contribution in [0, 0.1) is 5.82 Å². The van der Waals surface area contributed by atoms with Gasteiger partial charge in [-0.3, -0.25) is 0 Å². The van der Waals surface area contributed by atoms with Gasteiger partial charge in [-0.25, -0.2) is 12.8 Å². The van der Waals surface area contributed by atoms with Crippen molar-refractivity contribution in [1.82, 2.24) is 0 Å². The molecule has 0 fully saturated rings. The summed E-state index contributed by atoms with van der Waals surface area (Å²) in [6.45, 7) is 1.64. The van der Waals surface area contributed by atoms with Crippen LogP contribution >= 0.6 is 0 Å². The van der Waals surface area contributed by atoms with E-state index in [9.17, 15) is 12.8 Å². The standard InChI is InChI=1S/C12H17FO3S/c1-2-12(17(15,16)9-3-8-14)10-4-6-11(13)7-5-10/h4-7,12,14H,2-3,8-9H2,1H3. The lowest BCUT2D eigenvalue weighted by Crippen LogP contribution is -2.17. The lowest BCUT2D eigenvalue weighted by atomic mass is 10.1. The Labute approximate surface area is 101 Å². The van der Waals surface area contributed by atoms with E-state index in [0.29, 0.717) is 12.0 Å². The Bertz CT molecular complexity index is 439. The van der Waals surface area contributed by atoms with E-state index in [1.807, 2.05) is 0 Å². The fraction of sp³-hybridized carbons (Fsp3) is 0.500. The lowest BCUT2D eigenvalue weighted by molar-refractivity contribution is 0.295. The predicted octanol–water partition coefficient (Wildman–Crippen LogP) is 2.07. The SMILES string of the molecule is CCC(c1ccc(F)cc1)S(=O)(=O)CCCO. The van der Waals surface area contributed by atoms with Crippen LogP contribution in [-0.4, -0.2) is 25.9 Å². The van der Waals surface area contributed by atoms with E-state index in [1.165, 1.54) is 24.3 Å². The Morgan fingerprint density at radius 2 is 1.88 bits per heavy atom. The molecular formula is C12H17FO3S. The van der Waals surface area contributed by atoms with Crippen molar-refractivity contribution in [2.75, 3.05) is 12.4 Å². The highest BCUT2D eigenvalue weighted by Gasteiger charge is 2.24. The second kappa shape index (κ2) is 6.12. The van der Waals surface area contributed by atoms with Gasteiger partial charge in [0.1, 0.15) is 5.82 Å². The quantitative estimate of drug-likeness (QED) is 0.852. The van der Waals surface area contributed by atoms with Crippen LogP contribution < -0.4 is 0 Å². The highest BCUT2D eigenvalue weighted by molar-refractivity contribution is 7.91. The summed E-state index contributed by atoms with van der Waals surface area (Å²) in [7, 11) is -3.28. The first-order valence-electron chi connectivity index (χ1n) is 5.59. The monoisotopic (exact) mass is 260 g/mol. The van der Waals surface area contributed by atoms with Gasteiger partial charge in [-0.1, -0.05) is 19.1 Å². The number of hydrogen-bond donors (Lipinski definition) is 1. The minimum absolute atomic E-state index is 0.0423. The van der Waals surface area contributed by atoms with Crippen LogP contribution in [0.1, 0.15) is 30.6 Å². The van der Waals surface area contributed by atoms with Crippen LogP contribution in [0.15, 0.2) is 24.3 Å². The third-order valence-corrected chi connectivity index (χ3v) is 4.96. The van der Waals surface area contributed by atoms with Crippen LogP contribution in [0.25, 0.3) is 0 Å². The number of hydrogen-bond acceptors (Lipinski definition) is 3. The van der Waals surface area contributed by atoms with E-state index >= 15 is 0 Å². The van der Waals surface area contributed by atoms with E-state index in [1.54, 1.807) is 6.92 Å². The fourth-order valence-corrected chi connectivity index (χ4v) is 3.68. The molecule has 1 unspecified atom stereocenters. The smallest absolute Gasteiger partial charge is 0.157 e. The minimum atomic E-state index is -3.28. The van der Waals surface area contributed by atoms with Gasteiger partial charge in [-0.15, -0.1) is 0 Å². The summed E-state index contributed by atoms with van der Waals surface area (Å²) in [5.41, 5.74) is 0.604. The molecule has 3 nitrogen and oxygen atoms in total. The van der Waals surface area contributed by atoms with Crippen LogP contribution in [0.5, 0.6) is 0 Å².